The van der Waals surface area contributed by atoms with Gasteiger partial charge in [-0.25, -0.2) is 0 Å². The highest BCUT2D eigenvalue weighted by molar-refractivity contribution is 6.21. The van der Waals surface area contributed by atoms with Crippen molar-refractivity contribution < 1.29 is 14.3 Å². The van der Waals surface area contributed by atoms with Crippen molar-refractivity contribution in [1.82, 2.24) is 26.2 Å². The van der Waals surface area contributed by atoms with Crippen molar-refractivity contribution in [2.24, 2.45) is 23.7 Å². The molecule has 2 saturated carbocycles. The van der Waals surface area contributed by atoms with E-state index in [-0.39, 0.29) is 59.5 Å². The van der Waals surface area contributed by atoms with E-state index in [4.69, 9.17) is 21.1 Å². The molecule has 0 bridgehead atoms. The molecule has 9 nitrogen and oxygen atoms in total. The normalized spacial score (nSPS) is 40.7. The van der Waals surface area contributed by atoms with E-state index in [1.807, 2.05) is 21.0 Å². The molecule has 12 atom stereocenters. The van der Waals surface area contributed by atoms with Crippen LogP contribution in [0.15, 0.2) is 0 Å². The maximum absolute atomic E-state index is 12.9. The second kappa shape index (κ2) is 16.4. The van der Waals surface area contributed by atoms with E-state index in [0.29, 0.717) is 37.5 Å². The molecule has 0 aromatic heterocycles. The summed E-state index contributed by atoms with van der Waals surface area (Å²) in [6.07, 6.45) is 7.23. The highest BCUT2D eigenvalue weighted by atomic mass is 35.5. The van der Waals surface area contributed by atoms with Crippen LogP contribution in [0.4, 0.5) is 0 Å². The molecule has 4 aliphatic rings. The summed E-state index contributed by atoms with van der Waals surface area (Å²) in [6.45, 7) is 10.6. The van der Waals surface area contributed by atoms with E-state index in [2.05, 4.69) is 46.1 Å². The number of nitrogens with one attached hydrogen (secondary N) is 4. The van der Waals surface area contributed by atoms with E-state index < -0.39 is 0 Å². The first-order chi connectivity index (χ1) is 20.2. The van der Waals surface area contributed by atoms with E-state index in [1.54, 1.807) is 0 Å². The van der Waals surface area contributed by atoms with Crippen molar-refractivity contribution in [2.75, 3.05) is 46.9 Å². The Labute approximate surface area is 259 Å². The molecule has 4 fully saturated rings. The molecule has 12 unspecified atom stereocenters. The lowest BCUT2D eigenvalue weighted by Crippen LogP contribution is -2.66. The summed E-state index contributed by atoms with van der Waals surface area (Å²) in [6, 6.07) is 3.45. The summed E-state index contributed by atoms with van der Waals surface area (Å²) in [5.41, 5.74) is 0. The molecular formula is C32H57ClN6O3. The zero-order valence-electron chi connectivity index (χ0n) is 26.6. The first-order valence-electron chi connectivity index (χ1n) is 16.6. The third-order valence-corrected chi connectivity index (χ3v) is 10.8. The van der Waals surface area contributed by atoms with Gasteiger partial charge in [0.05, 0.1) is 42.2 Å². The number of ether oxygens (including phenoxy) is 2. The molecule has 1 amide bonds. The van der Waals surface area contributed by atoms with Crippen LogP contribution in [0.3, 0.4) is 0 Å². The maximum atomic E-state index is 12.9. The van der Waals surface area contributed by atoms with Crippen LogP contribution in [0.25, 0.3) is 0 Å². The molecule has 4 N–H and O–H groups in total. The number of halogens is 1. The number of carbonyl (C=O) groups excluding carboxylic acids is 1. The Balaban J connectivity index is 1.38. The summed E-state index contributed by atoms with van der Waals surface area (Å²) < 4.78 is 12.6. The molecule has 2 aliphatic carbocycles. The molecule has 42 heavy (non-hydrogen) atoms. The predicted molar refractivity (Wildman–Crippen MR) is 167 cm³/mol. The third-order valence-electron chi connectivity index (χ3n) is 10.4. The van der Waals surface area contributed by atoms with Gasteiger partial charge >= 0.3 is 0 Å². The molecule has 0 aromatic carbocycles. The van der Waals surface area contributed by atoms with Crippen LogP contribution >= 0.6 is 11.6 Å². The molecule has 2 aliphatic heterocycles. The maximum Gasteiger partial charge on any atom is 0.220 e. The van der Waals surface area contributed by atoms with Crippen molar-refractivity contribution in [2.45, 2.75) is 120 Å². The van der Waals surface area contributed by atoms with Crippen LogP contribution < -0.4 is 21.3 Å². The van der Waals surface area contributed by atoms with E-state index in [1.165, 1.54) is 12.8 Å². The Bertz CT molecular complexity index is 889. The highest BCUT2D eigenvalue weighted by Gasteiger charge is 2.48. The van der Waals surface area contributed by atoms with Crippen molar-refractivity contribution >= 4 is 17.5 Å². The highest BCUT2D eigenvalue weighted by Crippen LogP contribution is 2.38. The summed E-state index contributed by atoms with van der Waals surface area (Å²) in [5, 5.41) is 24.7. The fourth-order valence-corrected chi connectivity index (χ4v) is 8.17. The van der Waals surface area contributed by atoms with E-state index in [0.717, 1.165) is 51.8 Å². The van der Waals surface area contributed by atoms with Gasteiger partial charge in [-0.15, -0.1) is 11.6 Å². The van der Waals surface area contributed by atoms with Crippen LogP contribution in [0.1, 0.15) is 72.1 Å². The molecule has 2 saturated heterocycles. The van der Waals surface area contributed by atoms with Crippen molar-refractivity contribution in [1.29, 1.82) is 5.26 Å². The molecular weight excluding hydrogens is 552 g/mol. The molecule has 0 aromatic rings. The molecule has 240 valence electrons. The third kappa shape index (κ3) is 9.03. The molecule has 0 radical (unpaired) electrons. The fourth-order valence-electron chi connectivity index (χ4n) is 7.81. The van der Waals surface area contributed by atoms with Gasteiger partial charge in [-0.3, -0.25) is 4.79 Å². The lowest BCUT2D eigenvalue weighted by atomic mass is 9.69. The van der Waals surface area contributed by atoms with Crippen LogP contribution in [0.5, 0.6) is 0 Å². The first-order valence-corrected chi connectivity index (χ1v) is 17.1. The zero-order valence-corrected chi connectivity index (χ0v) is 27.4. The SMILES string of the molecule is CCOC1CC2NCC(C#N)C(NC3CC(Cl)C(OCC4NCCCC4C)CC3C)C2CC1NC(=O)CCCN(C)C. The molecule has 4 rings (SSSR count). The number of hydrogen-bond acceptors (Lipinski definition) is 8. The average Bonchev–Trinajstić information content (AvgIpc) is 2.95. The average molecular weight is 609 g/mol. The van der Waals surface area contributed by atoms with Gasteiger partial charge in [-0.05, 0) is 96.8 Å². The van der Waals surface area contributed by atoms with Crippen LogP contribution in [-0.2, 0) is 14.3 Å². The summed E-state index contributed by atoms with van der Waals surface area (Å²) in [7, 11) is 4.06. The van der Waals surface area contributed by atoms with E-state index >= 15 is 0 Å². The number of nitrogens with zero attached hydrogens (tertiary/aromatic N) is 2. The first kappa shape index (κ1) is 33.9. The number of alkyl halides is 1. The Morgan fingerprint density at radius 1 is 1.07 bits per heavy atom. The number of hydrogen-bond donors (Lipinski definition) is 4. The Morgan fingerprint density at radius 3 is 2.60 bits per heavy atom. The number of fused-ring (bicyclic) bond motifs is 1. The molecule has 0 spiro atoms. The number of rotatable bonds is 12. The van der Waals surface area contributed by atoms with Gasteiger partial charge < -0.3 is 35.6 Å². The van der Waals surface area contributed by atoms with Gasteiger partial charge in [0.2, 0.25) is 5.91 Å². The molecule has 2 heterocycles. The zero-order chi connectivity index (χ0) is 30.2. The predicted octanol–water partition coefficient (Wildman–Crippen LogP) is 2.88. The number of amides is 1. The summed E-state index contributed by atoms with van der Waals surface area (Å²) in [4.78, 5) is 15.0. The topological polar surface area (TPSA) is 111 Å². The smallest absolute Gasteiger partial charge is 0.220 e. The van der Waals surface area contributed by atoms with Gasteiger partial charge in [-0.1, -0.05) is 13.8 Å². The lowest BCUT2D eigenvalue weighted by Gasteiger charge is -2.51. The standard InChI is InChI=1S/C32H57ClN6O3/c1-6-41-30-16-26-23(14-27(30)37-31(40)10-8-12-39(4)5)32(22(17-34)18-36-26)38-25-15-24(33)29(13-21(25)3)42-19-28-20(2)9-7-11-35-28/h20-30,32,35-36,38H,6-16,18-19H2,1-5H3,(H,37,40). The van der Waals surface area contributed by atoms with Gasteiger partial charge in [0, 0.05) is 43.7 Å². The van der Waals surface area contributed by atoms with Gasteiger partial charge in [0.25, 0.3) is 0 Å². The Kier molecular flexibility index (Phi) is 13.2. The van der Waals surface area contributed by atoms with Gasteiger partial charge in [-0.2, -0.15) is 5.26 Å². The summed E-state index contributed by atoms with van der Waals surface area (Å²) in [5.74, 6) is 1.19. The lowest BCUT2D eigenvalue weighted by molar-refractivity contribution is -0.124. The minimum Gasteiger partial charge on any atom is -0.376 e. The van der Waals surface area contributed by atoms with Crippen molar-refractivity contribution in [3.8, 4) is 6.07 Å². The monoisotopic (exact) mass is 608 g/mol. The Hall–Kier alpha value is -0.990. The van der Waals surface area contributed by atoms with Crippen LogP contribution in [0.2, 0.25) is 0 Å². The Morgan fingerprint density at radius 2 is 1.88 bits per heavy atom. The summed E-state index contributed by atoms with van der Waals surface area (Å²) >= 11 is 6.99. The van der Waals surface area contributed by atoms with Crippen molar-refractivity contribution in [3.05, 3.63) is 0 Å². The fraction of sp³-hybridized carbons (Fsp3) is 0.938. The van der Waals surface area contributed by atoms with Crippen LogP contribution in [-0.4, -0.2) is 106 Å². The van der Waals surface area contributed by atoms with Crippen LogP contribution in [0, 0.1) is 35.0 Å². The second-order valence-electron chi connectivity index (χ2n) is 13.8. The largest absolute Gasteiger partial charge is 0.376 e. The second-order valence-corrected chi connectivity index (χ2v) is 14.3. The van der Waals surface area contributed by atoms with E-state index in [9.17, 15) is 10.1 Å². The number of piperidine rings is 2. The minimum absolute atomic E-state index is 0.0269. The molecule has 10 heteroatoms. The number of carbonyl (C=O) groups is 1. The number of nitriles is 1. The van der Waals surface area contributed by atoms with Gasteiger partial charge in [0.1, 0.15) is 0 Å². The van der Waals surface area contributed by atoms with Gasteiger partial charge in [0.15, 0.2) is 0 Å². The minimum atomic E-state index is -0.139. The quantitative estimate of drug-likeness (QED) is 0.250. The van der Waals surface area contributed by atoms with Crippen molar-refractivity contribution in [3.63, 3.8) is 0 Å².